The number of hydrogen-bond acceptors (Lipinski definition) is 6. The molecule has 1 atom stereocenters. The molecule has 1 unspecified atom stereocenters. The zero-order valence-corrected chi connectivity index (χ0v) is 18.7. The van der Waals surface area contributed by atoms with E-state index in [0.29, 0.717) is 4.91 Å². The number of carboxylic acids is 2. The summed E-state index contributed by atoms with van der Waals surface area (Å²) in [6.45, 7) is 5.91. The first kappa shape index (κ1) is 23.9. The number of thiocarbonyl (C=S) groups is 1. The first-order chi connectivity index (χ1) is 13.9. The number of amides is 1. The highest BCUT2D eigenvalue weighted by Gasteiger charge is 2.38. The zero-order chi connectivity index (χ0) is 22.6. The number of phenols is 1. The summed E-state index contributed by atoms with van der Waals surface area (Å²) in [5.74, 6) is -2.28. The molecule has 1 aromatic carbocycles. The van der Waals surface area contributed by atoms with Crippen LogP contribution in [0.4, 0.5) is 0 Å². The normalized spacial score (nSPS) is 16.9. The molecule has 0 spiro atoms. The van der Waals surface area contributed by atoms with E-state index in [0.717, 1.165) is 22.9 Å². The predicted octanol–water partition coefficient (Wildman–Crippen LogP) is 3.99. The van der Waals surface area contributed by atoms with Gasteiger partial charge in [-0.05, 0) is 47.6 Å². The summed E-state index contributed by atoms with van der Waals surface area (Å²) in [6.07, 6.45) is 1.72. The van der Waals surface area contributed by atoms with E-state index in [9.17, 15) is 24.6 Å². The van der Waals surface area contributed by atoms with E-state index in [4.69, 9.17) is 17.3 Å². The molecule has 1 fully saturated rings. The van der Waals surface area contributed by atoms with Crippen molar-refractivity contribution in [3.05, 3.63) is 34.2 Å². The molecular weight excluding hydrogens is 426 g/mol. The maximum Gasteiger partial charge on any atom is 0.305 e. The second kappa shape index (κ2) is 9.61. The van der Waals surface area contributed by atoms with Crippen LogP contribution in [0.5, 0.6) is 5.75 Å². The van der Waals surface area contributed by atoms with Crippen molar-refractivity contribution in [3.63, 3.8) is 0 Å². The minimum Gasteiger partial charge on any atom is -0.508 e. The maximum atomic E-state index is 13.0. The highest BCUT2D eigenvalue weighted by atomic mass is 32.2. The van der Waals surface area contributed by atoms with Gasteiger partial charge >= 0.3 is 11.9 Å². The highest BCUT2D eigenvalue weighted by molar-refractivity contribution is 8.26. The van der Waals surface area contributed by atoms with Crippen LogP contribution >= 0.6 is 24.0 Å². The Morgan fingerprint density at radius 2 is 1.90 bits per heavy atom. The van der Waals surface area contributed by atoms with Gasteiger partial charge in [-0.2, -0.15) is 0 Å². The quantitative estimate of drug-likeness (QED) is 0.401. The second-order valence-corrected chi connectivity index (χ2v) is 9.79. The molecule has 1 aliphatic rings. The van der Waals surface area contributed by atoms with E-state index >= 15 is 0 Å². The lowest BCUT2D eigenvalue weighted by molar-refractivity contribution is -0.138. The first-order valence-electron chi connectivity index (χ1n) is 9.44. The van der Waals surface area contributed by atoms with Crippen LogP contribution in [0.15, 0.2) is 23.1 Å². The Morgan fingerprint density at radius 1 is 1.23 bits per heavy atom. The zero-order valence-electron chi connectivity index (χ0n) is 17.0. The summed E-state index contributed by atoms with van der Waals surface area (Å²) in [5, 5.41) is 28.2. The van der Waals surface area contributed by atoms with Crippen LogP contribution in [0, 0.1) is 0 Å². The number of aliphatic carboxylic acids is 2. The van der Waals surface area contributed by atoms with Crippen LogP contribution in [0.3, 0.4) is 0 Å². The van der Waals surface area contributed by atoms with Crippen molar-refractivity contribution in [1.82, 2.24) is 4.90 Å². The SMILES string of the molecule is CC(C)(C)c1cc(C=C2SC(=S)N(C(CCCC(=O)O)CC(=O)O)C2=O)ccc1O. The van der Waals surface area contributed by atoms with Gasteiger partial charge in [0.05, 0.1) is 11.3 Å². The monoisotopic (exact) mass is 451 g/mol. The van der Waals surface area contributed by atoms with Crippen molar-refractivity contribution in [2.24, 2.45) is 0 Å². The number of carbonyl (C=O) groups excluding carboxylic acids is 1. The van der Waals surface area contributed by atoms with E-state index in [1.807, 2.05) is 26.8 Å². The fourth-order valence-electron chi connectivity index (χ4n) is 3.20. The number of rotatable bonds is 8. The summed E-state index contributed by atoms with van der Waals surface area (Å²) in [7, 11) is 0. The van der Waals surface area contributed by atoms with Crippen molar-refractivity contribution in [1.29, 1.82) is 0 Å². The van der Waals surface area contributed by atoms with Gasteiger partial charge < -0.3 is 15.3 Å². The van der Waals surface area contributed by atoms with E-state index in [2.05, 4.69) is 0 Å². The fraction of sp³-hybridized carbons (Fsp3) is 0.429. The van der Waals surface area contributed by atoms with Crippen molar-refractivity contribution in [3.8, 4) is 5.75 Å². The molecule has 0 radical (unpaired) electrons. The van der Waals surface area contributed by atoms with E-state index in [1.54, 1.807) is 18.2 Å². The summed E-state index contributed by atoms with van der Waals surface area (Å²) in [6, 6.07) is 4.37. The minimum absolute atomic E-state index is 0.107. The Kier molecular flexibility index (Phi) is 7.65. The Hall–Kier alpha value is -2.39. The number of thioether (sulfide) groups is 1. The predicted molar refractivity (Wildman–Crippen MR) is 119 cm³/mol. The summed E-state index contributed by atoms with van der Waals surface area (Å²) in [4.78, 5) is 36.7. The number of phenolic OH excluding ortho intramolecular Hbond substituents is 1. The molecule has 0 aromatic heterocycles. The van der Waals surface area contributed by atoms with Crippen LogP contribution in [-0.2, 0) is 19.8 Å². The molecule has 0 saturated carbocycles. The molecule has 162 valence electrons. The molecule has 1 aromatic rings. The van der Waals surface area contributed by atoms with E-state index in [1.165, 1.54) is 4.90 Å². The molecule has 1 saturated heterocycles. The molecule has 1 amide bonds. The first-order valence-corrected chi connectivity index (χ1v) is 10.7. The van der Waals surface area contributed by atoms with Gasteiger partial charge in [0.2, 0.25) is 0 Å². The van der Waals surface area contributed by atoms with Crippen LogP contribution < -0.4 is 0 Å². The van der Waals surface area contributed by atoms with Crippen molar-refractivity contribution < 1.29 is 29.7 Å². The second-order valence-electron chi connectivity index (χ2n) is 8.12. The average Bonchev–Trinajstić information content (AvgIpc) is 2.87. The van der Waals surface area contributed by atoms with Crippen molar-refractivity contribution in [2.45, 2.75) is 57.9 Å². The fourth-order valence-corrected chi connectivity index (χ4v) is 4.60. The molecule has 3 N–H and O–H groups in total. The summed E-state index contributed by atoms with van der Waals surface area (Å²) < 4.78 is 0.252. The standard InChI is InChI=1S/C21H25NO6S2/c1-21(2,3)14-9-12(7-8-15(14)23)10-16-19(28)22(20(29)30-16)13(11-18(26)27)5-4-6-17(24)25/h7-10,13,23H,4-6,11H2,1-3H3,(H,24,25)(H,26,27). The summed E-state index contributed by atoms with van der Waals surface area (Å²) >= 11 is 6.41. The van der Waals surface area contributed by atoms with Crippen LogP contribution in [0.2, 0.25) is 0 Å². The smallest absolute Gasteiger partial charge is 0.305 e. The van der Waals surface area contributed by atoms with Crippen LogP contribution in [0.1, 0.15) is 57.6 Å². The highest BCUT2D eigenvalue weighted by Crippen LogP contribution is 2.37. The third kappa shape index (κ3) is 6.06. The van der Waals surface area contributed by atoms with Crippen LogP contribution in [0.25, 0.3) is 6.08 Å². The molecule has 7 nitrogen and oxygen atoms in total. The molecule has 30 heavy (non-hydrogen) atoms. The van der Waals surface area contributed by atoms with Gasteiger partial charge in [0.15, 0.2) is 0 Å². The third-order valence-electron chi connectivity index (χ3n) is 4.65. The van der Waals surface area contributed by atoms with Gasteiger partial charge in [0.25, 0.3) is 5.91 Å². The van der Waals surface area contributed by atoms with E-state index < -0.39 is 23.9 Å². The molecule has 1 heterocycles. The number of hydrogen-bond donors (Lipinski definition) is 3. The van der Waals surface area contributed by atoms with Crippen molar-refractivity contribution in [2.75, 3.05) is 0 Å². The lowest BCUT2D eigenvalue weighted by Crippen LogP contribution is -2.40. The Bertz CT molecular complexity index is 903. The third-order valence-corrected chi connectivity index (χ3v) is 5.98. The number of nitrogens with zero attached hydrogens (tertiary/aromatic N) is 1. The number of carboxylic acid groups (broad SMARTS) is 2. The van der Waals surface area contributed by atoms with E-state index in [-0.39, 0.29) is 41.2 Å². The number of benzene rings is 1. The molecule has 0 aliphatic carbocycles. The Balaban J connectivity index is 2.29. The largest absolute Gasteiger partial charge is 0.508 e. The molecule has 2 rings (SSSR count). The van der Waals surface area contributed by atoms with Gasteiger partial charge in [-0.3, -0.25) is 19.3 Å². The van der Waals surface area contributed by atoms with Crippen molar-refractivity contribution >= 4 is 52.2 Å². The lowest BCUT2D eigenvalue weighted by atomic mass is 9.85. The number of carbonyl (C=O) groups is 3. The van der Waals surface area contributed by atoms with Gasteiger partial charge in [-0.15, -0.1) is 0 Å². The topological polar surface area (TPSA) is 115 Å². The van der Waals surface area contributed by atoms with Crippen LogP contribution in [-0.4, -0.2) is 48.4 Å². The lowest BCUT2D eigenvalue weighted by Gasteiger charge is -2.25. The van der Waals surface area contributed by atoms with Gasteiger partial charge in [0, 0.05) is 12.5 Å². The molecule has 9 heteroatoms. The van der Waals surface area contributed by atoms with Gasteiger partial charge in [-0.25, -0.2) is 0 Å². The Morgan fingerprint density at radius 3 is 2.47 bits per heavy atom. The summed E-state index contributed by atoms with van der Waals surface area (Å²) in [5.41, 5.74) is 1.17. The maximum absolute atomic E-state index is 13.0. The average molecular weight is 452 g/mol. The number of aromatic hydroxyl groups is 1. The molecule has 0 bridgehead atoms. The van der Waals surface area contributed by atoms with Gasteiger partial charge in [-0.1, -0.05) is 50.8 Å². The molecular formula is C21H25NO6S2. The van der Waals surface area contributed by atoms with Gasteiger partial charge in [0.1, 0.15) is 10.1 Å². The minimum atomic E-state index is -1.08. The Labute approximate surface area is 184 Å². The molecule has 1 aliphatic heterocycles.